The van der Waals surface area contributed by atoms with Crippen LogP contribution in [0.3, 0.4) is 0 Å². The average molecular weight is 310 g/mol. The molecular weight excluding hydrogens is 278 g/mol. The number of anilines is 1. The highest BCUT2D eigenvalue weighted by molar-refractivity contribution is 6.67. The molecular formula is C17H31NO2Si. The molecule has 21 heavy (non-hydrogen) atoms. The minimum Gasteiger partial charge on any atom is -0.394 e. The molecule has 3 nitrogen and oxygen atoms in total. The molecule has 1 aromatic rings. The molecule has 0 bridgehead atoms. The molecule has 1 aromatic carbocycles. The molecule has 0 radical (unpaired) electrons. The van der Waals surface area contributed by atoms with E-state index in [0.29, 0.717) is 0 Å². The van der Waals surface area contributed by atoms with E-state index >= 15 is 0 Å². The van der Waals surface area contributed by atoms with Crippen LogP contribution in [0.5, 0.6) is 0 Å². The summed E-state index contributed by atoms with van der Waals surface area (Å²) in [7, 11) is -1.99. The minimum atomic E-state index is -1.99. The molecule has 1 N–H and O–H groups in total. The Labute approximate surface area is 131 Å². The highest BCUT2D eigenvalue weighted by Crippen LogP contribution is 2.22. The third-order valence-electron chi connectivity index (χ3n) is 3.51. The smallest absolute Gasteiger partial charge is 0.337 e. The maximum Gasteiger partial charge on any atom is 0.337 e. The van der Waals surface area contributed by atoms with E-state index in [4.69, 9.17) is 8.85 Å². The van der Waals surface area contributed by atoms with Gasteiger partial charge in [0.15, 0.2) is 0 Å². The number of para-hydroxylation sites is 1. The zero-order valence-electron chi connectivity index (χ0n) is 13.9. The monoisotopic (exact) mass is 309 g/mol. The van der Waals surface area contributed by atoms with Crippen molar-refractivity contribution in [3.05, 3.63) is 30.3 Å². The molecule has 0 heterocycles. The van der Waals surface area contributed by atoms with Gasteiger partial charge < -0.3 is 14.2 Å². The van der Waals surface area contributed by atoms with Crippen LogP contribution in [0.15, 0.2) is 30.3 Å². The van der Waals surface area contributed by atoms with Crippen LogP contribution in [0.4, 0.5) is 5.69 Å². The van der Waals surface area contributed by atoms with Gasteiger partial charge in [0, 0.05) is 25.4 Å². The fourth-order valence-corrected chi connectivity index (χ4v) is 5.29. The Morgan fingerprint density at radius 3 is 2.10 bits per heavy atom. The van der Waals surface area contributed by atoms with Gasteiger partial charge >= 0.3 is 8.56 Å². The third-order valence-corrected chi connectivity index (χ3v) is 7.17. The van der Waals surface area contributed by atoms with Gasteiger partial charge in [0.1, 0.15) is 0 Å². The van der Waals surface area contributed by atoms with E-state index in [1.54, 1.807) is 0 Å². The van der Waals surface area contributed by atoms with Crippen LogP contribution < -0.4 is 5.32 Å². The summed E-state index contributed by atoms with van der Waals surface area (Å²) in [5, 5.41) is 3.46. The summed E-state index contributed by atoms with van der Waals surface area (Å²) in [6.45, 7) is 9.16. The maximum atomic E-state index is 6.17. The molecule has 1 rings (SSSR count). The summed E-state index contributed by atoms with van der Waals surface area (Å²) in [6.07, 6.45) is 3.22. The fraction of sp³-hybridized carbons (Fsp3) is 0.647. The highest BCUT2D eigenvalue weighted by Gasteiger charge is 2.34. The van der Waals surface area contributed by atoms with Crippen molar-refractivity contribution in [3.63, 3.8) is 0 Å². The molecule has 0 atom stereocenters. The van der Waals surface area contributed by atoms with Gasteiger partial charge in [-0.3, -0.25) is 0 Å². The first kappa shape index (κ1) is 18.2. The number of nitrogens with one attached hydrogen (secondary N) is 1. The van der Waals surface area contributed by atoms with Gasteiger partial charge in [0.2, 0.25) is 0 Å². The molecule has 120 valence electrons. The summed E-state index contributed by atoms with van der Waals surface area (Å²) in [6, 6.07) is 12.5. The zero-order valence-corrected chi connectivity index (χ0v) is 14.9. The molecule has 4 heteroatoms. The number of benzene rings is 1. The van der Waals surface area contributed by atoms with Crippen molar-refractivity contribution in [1.82, 2.24) is 0 Å². The molecule has 0 saturated carbocycles. The maximum absolute atomic E-state index is 6.17. The van der Waals surface area contributed by atoms with Gasteiger partial charge in [-0.2, -0.15) is 0 Å². The lowest BCUT2D eigenvalue weighted by atomic mass is 10.3. The van der Waals surface area contributed by atoms with E-state index in [9.17, 15) is 0 Å². The fourth-order valence-electron chi connectivity index (χ4n) is 2.29. The standard InChI is InChI=1S/C17H31NO2Si/c1-4-14-19-21(6-3,20-15-5-2)16-10-13-18-17-11-8-7-9-12-17/h7-9,11-12,18H,4-6,10,13-16H2,1-3H3. The van der Waals surface area contributed by atoms with E-state index < -0.39 is 8.56 Å². The van der Waals surface area contributed by atoms with Crippen molar-refractivity contribution >= 4 is 14.2 Å². The van der Waals surface area contributed by atoms with Gasteiger partial charge in [0.05, 0.1) is 0 Å². The molecule has 0 aliphatic heterocycles. The minimum absolute atomic E-state index is 0.829. The number of rotatable bonds is 12. The van der Waals surface area contributed by atoms with Crippen molar-refractivity contribution in [2.24, 2.45) is 0 Å². The Morgan fingerprint density at radius 2 is 1.57 bits per heavy atom. The topological polar surface area (TPSA) is 30.5 Å². The molecule has 0 saturated heterocycles. The van der Waals surface area contributed by atoms with Crippen molar-refractivity contribution in [2.45, 2.75) is 52.1 Å². The third kappa shape index (κ3) is 7.11. The van der Waals surface area contributed by atoms with Gasteiger partial charge in [-0.05, 0) is 43.5 Å². The average Bonchev–Trinajstić information content (AvgIpc) is 2.54. The van der Waals surface area contributed by atoms with Crippen molar-refractivity contribution in [2.75, 3.05) is 25.1 Å². The lowest BCUT2D eigenvalue weighted by Crippen LogP contribution is -2.42. The molecule has 0 fully saturated rings. The summed E-state index contributed by atoms with van der Waals surface area (Å²) in [4.78, 5) is 0. The van der Waals surface area contributed by atoms with Crippen LogP contribution >= 0.6 is 0 Å². The van der Waals surface area contributed by atoms with Crippen LogP contribution in [0.1, 0.15) is 40.0 Å². The second-order valence-electron chi connectivity index (χ2n) is 5.36. The lowest BCUT2D eigenvalue weighted by Gasteiger charge is -2.30. The van der Waals surface area contributed by atoms with Crippen LogP contribution in [0.25, 0.3) is 0 Å². The van der Waals surface area contributed by atoms with E-state index in [1.165, 1.54) is 5.69 Å². The van der Waals surface area contributed by atoms with Crippen LogP contribution in [-0.4, -0.2) is 28.3 Å². The quantitative estimate of drug-likeness (QED) is 0.444. The molecule has 0 aliphatic carbocycles. The molecule has 0 unspecified atom stereocenters. The van der Waals surface area contributed by atoms with E-state index in [2.05, 4.69) is 50.4 Å². The Bertz CT molecular complexity index is 351. The first-order valence-electron chi connectivity index (χ1n) is 8.33. The Balaban J connectivity index is 2.40. The van der Waals surface area contributed by atoms with E-state index in [1.807, 2.05) is 6.07 Å². The highest BCUT2D eigenvalue weighted by atomic mass is 28.4. The van der Waals surface area contributed by atoms with Crippen LogP contribution in [0.2, 0.25) is 12.1 Å². The van der Waals surface area contributed by atoms with Crippen molar-refractivity contribution in [3.8, 4) is 0 Å². The Morgan fingerprint density at radius 1 is 0.952 bits per heavy atom. The van der Waals surface area contributed by atoms with E-state index in [-0.39, 0.29) is 0 Å². The van der Waals surface area contributed by atoms with Gasteiger partial charge in [-0.1, -0.05) is 39.0 Å². The SMILES string of the molecule is CCCO[Si](CC)(CCCNc1ccccc1)OCCC. The number of hydrogen-bond donors (Lipinski definition) is 1. The molecule has 0 aromatic heterocycles. The predicted octanol–water partition coefficient (Wildman–Crippen LogP) is 4.80. The molecule has 0 aliphatic rings. The predicted molar refractivity (Wildman–Crippen MR) is 93.1 cm³/mol. The largest absolute Gasteiger partial charge is 0.394 e. The molecule has 0 amide bonds. The summed E-state index contributed by atoms with van der Waals surface area (Å²) < 4.78 is 12.3. The second kappa shape index (κ2) is 10.8. The van der Waals surface area contributed by atoms with Crippen molar-refractivity contribution < 1.29 is 8.85 Å². The Hall–Kier alpha value is -0.843. The van der Waals surface area contributed by atoms with Crippen molar-refractivity contribution in [1.29, 1.82) is 0 Å². The first-order chi connectivity index (χ1) is 10.3. The summed E-state index contributed by atoms with van der Waals surface area (Å²) in [5.41, 5.74) is 1.19. The first-order valence-corrected chi connectivity index (χ1v) is 10.6. The molecule has 0 spiro atoms. The number of hydrogen-bond acceptors (Lipinski definition) is 3. The lowest BCUT2D eigenvalue weighted by molar-refractivity contribution is 0.167. The Kier molecular flexibility index (Phi) is 9.38. The van der Waals surface area contributed by atoms with Gasteiger partial charge in [-0.25, -0.2) is 0 Å². The zero-order chi connectivity index (χ0) is 15.4. The van der Waals surface area contributed by atoms with Gasteiger partial charge in [0.25, 0.3) is 0 Å². The summed E-state index contributed by atoms with van der Waals surface area (Å²) >= 11 is 0. The van der Waals surface area contributed by atoms with E-state index in [0.717, 1.165) is 51.1 Å². The van der Waals surface area contributed by atoms with Crippen LogP contribution in [0, 0.1) is 0 Å². The van der Waals surface area contributed by atoms with Gasteiger partial charge in [-0.15, -0.1) is 0 Å². The normalized spacial score (nSPS) is 11.6. The second-order valence-corrected chi connectivity index (χ2v) is 8.96. The van der Waals surface area contributed by atoms with Crippen LogP contribution in [-0.2, 0) is 8.85 Å². The summed E-state index contributed by atoms with van der Waals surface area (Å²) in [5.74, 6) is 0.